The van der Waals surface area contributed by atoms with E-state index >= 15 is 0 Å². The van der Waals surface area contributed by atoms with Crippen LogP contribution in [-0.4, -0.2) is 25.0 Å². The van der Waals surface area contributed by atoms with Gasteiger partial charge in [-0.25, -0.2) is 4.79 Å². The van der Waals surface area contributed by atoms with Gasteiger partial charge in [-0.15, -0.1) is 0 Å². The molecule has 4 nitrogen and oxygen atoms in total. The van der Waals surface area contributed by atoms with Gasteiger partial charge in [-0.3, -0.25) is 4.79 Å². The molecule has 5 rings (SSSR count). The fraction of sp³-hybridized carbons (Fsp3) is 0.0968. The van der Waals surface area contributed by atoms with Crippen molar-refractivity contribution in [1.82, 2.24) is 5.32 Å². The molecule has 35 heavy (non-hydrogen) atoms. The summed E-state index contributed by atoms with van der Waals surface area (Å²) >= 11 is 0. The van der Waals surface area contributed by atoms with Crippen LogP contribution in [0.4, 0.5) is 0 Å². The van der Waals surface area contributed by atoms with Gasteiger partial charge >= 0.3 is 5.97 Å². The van der Waals surface area contributed by atoms with Crippen molar-refractivity contribution in [3.05, 3.63) is 120 Å². The van der Waals surface area contributed by atoms with Gasteiger partial charge in [0, 0.05) is 6.42 Å². The first-order valence-corrected chi connectivity index (χ1v) is 11.6. The second-order valence-electron chi connectivity index (χ2n) is 8.51. The van der Waals surface area contributed by atoms with Gasteiger partial charge in [0.25, 0.3) is 5.91 Å². The summed E-state index contributed by atoms with van der Waals surface area (Å²) < 4.78 is 5.04. The van der Waals surface area contributed by atoms with E-state index < -0.39 is 12.0 Å². The molecule has 0 fully saturated rings. The van der Waals surface area contributed by atoms with E-state index in [-0.39, 0.29) is 5.91 Å². The third-order valence-corrected chi connectivity index (χ3v) is 6.29. The van der Waals surface area contributed by atoms with Gasteiger partial charge in [-0.05, 0) is 44.3 Å². The van der Waals surface area contributed by atoms with Crippen molar-refractivity contribution in [3.63, 3.8) is 0 Å². The van der Waals surface area contributed by atoms with Gasteiger partial charge in [0.2, 0.25) is 0 Å². The molecule has 0 aliphatic heterocycles. The first-order chi connectivity index (χ1) is 17.1. The van der Waals surface area contributed by atoms with E-state index in [1.807, 2.05) is 91.0 Å². The Labute approximate surface area is 204 Å². The summed E-state index contributed by atoms with van der Waals surface area (Å²) in [6.45, 7) is 0. The van der Waals surface area contributed by atoms with E-state index in [4.69, 9.17) is 4.74 Å². The van der Waals surface area contributed by atoms with Crippen molar-refractivity contribution >= 4 is 33.4 Å². The number of carbonyl (C=O) groups is 2. The Kier molecular flexibility index (Phi) is 6.27. The topological polar surface area (TPSA) is 55.4 Å². The largest absolute Gasteiger partial charge is 0.467 e. The molecule has 0 unspecified atom stereocenters. The summed E-state index contributed by atoms with van der Waals surface area (Å²) in [6.07, 6.45) is 0.330. The highest BCUT2D eigenvalue weighted by Gasteiger charge is 2.24. The lowest BCUT2D eigenvalue weighted by atomic mass is 9.95. The summed E-state index contributed by atoms with van der Waals surface area (Å²) in [5.41, 5.74) is 3.71. The summed E-state index contributed by atoms with van der Waals surface area (Å²) in [5.74, 6) is -0.774. The zero-order valence-corrected chi connectivity index (χ0v) is 19.4. The summed E-state index contributed by atoms with van der Waals surface area (Å²) in [7, 11) is 1.34. The number of methoxy groups -OCH3 is 1. The monoisotopic (exact) mass is 459 g/mol. The van der Waals surface area contributed by atoms with E-state index in [9.17, 15) is 9.59 Å². The highest BCUT2D eigenvalue weighted by molar-refractivity contribution is 6.18. The molecule has 0 aromatic heterocycles. The molecule has 5 aromatic carbocycles. The standard InChI is InChI=1S/C31H25NO3/c1-35-31(34)28(19-21-15-17-23(18-16-21)22-9-3-2-4-10-22)32-30(33)29-26-13-7-5-11-24(26)20-25-12-6-8-14-27(25)29/h2-18,20,28H,19H2,1H3,(H,32,33)/t28-/m0/s1. The highest BCUT2D eigenvalue weighted by Crippen LogP contribution is 2.28. The molecule has 0 radical (unpaired) electrons. The maximum atomic E-state index is 13.6. The van der Waals surface area contributed by atoms with Crippen LogP contribution < -0.4 is 5.32 Å². The second-order valence-corrected chi connectivity index (χ2v) is 8.51. The van der Waals surface area contributed by atoms with Gasteiger partial charge in [0.05, 0.1) is 12.7 Å². The van der Waals surface area contributed by atoms with Crippen LogP contribution in [0.15, 0.2) is 109 Å². The average molecular weight is 460 g/mol. The van der Waals surface area contributed by atoms with Crippen molar-refractivity contribution in [2.24, 2.45) is 0 Å². The number of hydrogen-bond acceptors (Lipinski definition) is 3. The minimum atomic E-state index is -0.812. The number of fused-ring (bicyclic) bond motifs is 2. The molecule has 1 amide bonds. The molecule has 0 aliphatic rings. The van der Waals surface area contributed by atoms with E-state index in [1.165, 1.54) is 7.11 Å². The summed E-state index contributed by atoms with van der Waals surface area (Å²) in [4.78, 5) is 26.3. The van der Waals surface area contributed by atoms with Gasteiger partial charge in [0.1, 0.15) is 6.04 Å². The number of ether oxygens (including phenoxy) is 1. The third kappa shape index (κ3) is 4.64. The van der Waals surface area contributed by atoms with Crippen molar-refractivity contribution in [1.29, 1.82) is 0 Å². The van der Waals surface area contributed by atoms with Crippen molar-refractivity contribution in [2.75, 3.05) is 7.11 Å². The Morgan fingerprint density at radius 2 is 1.26 bits per heavy atom. The molecule has 0 aliphatic carbocycles. The molecule has 0 spiro atoms. The molecule has 0 bridgehead atoms. The lowest BCUT2D eigenvalue weighted by molar-refractivity contribution is -0.142. The Bertz CT molecular complexity index is 1450. The van der Waals surface area contributed by atoms with E-state index in [2.05, 4.69) is 23.5 Å². The number of nitrogens with one attached hydrogen (secondary N) is 1. The number of carbonyl (C=O) groups excluding carboxylic acids is 2. The zero-order valence-electron chi connectivity index (χ0n) is 19.4. The lowest BCUT2D eigenvalue weighted by Gasteiger charge is -2.19. The fourth-order valence-corrected chi connectivity index (χ4v) is 4.52. The molecule has 1 atom stereocenters. The normalized spacial score (nSPS) is 11.8. The number of amides is 1. The quantitative estimate of drug-likeness (QED) is 0.244. The van der Waals surface area contributed by atoms with Crippen LogP contribution in [0.1, 0.15) is 15.9 Å². The van der Waals surface area contributed by atoms with Crippen LogP contribution in [0.5, 0.6) is 0 Å². The molecule has 1 N–H and O–H groups in total. The first kappa shape index (κ1) is 22.4. The van der Waals surface area contributed by atoms with E-state index in [1.54, 1.807) is 0 Å². The van der Waals surface area contributed by atoms with Crippen LogP contribution >= 0.6 is 0 Å². The number of hydrogen-bond donors (Lipinski definition) is 1. The predicted molar refractivity (Wildman–Crippen MR) is 140 cm³/mol. The van der Waals surface area contributed by atoms with Crippen LogP contribution in [-0.2, 0) is 16.0 Å². The summed E-state index contributed by atoms with van der Waals surface area (Å²) in [6, 6.07) is 35.0. The molecule has 0 saturated carbocycles. The number of esters is 1. The van der Waals surface area contributed by atoms with Crippen LogP contribution in [0.2, 0.25) is 0 Å². The fourth-order valence-electron chi connectivity index (χ4n) is 4.52. The van der Waals surface area contributed by atoms with Gasteiger partial charge in [-0.2, -0.15) is 0 Å². The zero-order chi connectivity index (χ0) is 24.2. The third-order valence-electron chi connectivity index (χ3n) is 6.29. The maximum absolute atomic E-state index is 13.6. The van der Waals surface area contributed by atoms with Crippen molar-refractivity contribution in [2.45, 2.75) is 12.5 Å². The first-order valence-electron chi connectivity index (χ1n) is 11.6. The Morgan fingerprint density at radius 1 is 0.714 bits per heavy atom. The van der Waals surface area contributed by atoms with Crippen LogP contribution in [0, 0.1) is 0 Å². The van der Waals surface area contributed by atoms with Gasteiger partial charge in [-0.1, -0.05) is 103 Å². The molecular weight excluding hydrogens is 434 g/mol. The SMILES string of the molecule is COC(=O)[C@H](Cc1ccc(-c2ccccc2)cc1)NC(=O)c1c2ccccc2cc2ccccc12. The Hall–Kier alpha value is -4.44. The lowest BCUT2D eigenvalue weighted by Crippen LogP contribution is -2.43. The highest BCUT2D eigenvalue weighted by atomic mass is 16.5. The number of benzene rings is 5. The molecular formula is C31H25NO3. The van der Waals surface area contributed by atoms with Crippen molar-refractivity contribution < 1.29 is 14.3 Å². The second kappa shape index (κ2) is 9.82. The average Bonchev–Trinajstić information content (AvgIpc) is 2.91. The van der Waals surface area contributed by atoms with Gasteiger partial charge in [0.15, 0.2) is 0 Å². The van der Waals surface area contributed by atoms with Gasteiger partial charge < -0.3 is 10.1 Å². The van der Waals surface area contributed by atoms with Crippen LogP contribution in [0.3, 0.4) is 0 Å². The smallest absolute Gasteiger partial charge is 0.328 e. The van der Waals surface area contributed by atoms with E-state index in [0.717, 1.165) is 38.2 Å². The van der Waals surface area contributed by atoms with Crippen molar-refractivity contribution in [3.8, 4) is 11.1 Å². The molecule has 0 saturated heterocycles. The Balaban J connectivity index is 1.45. The Morgan fingerprint density at radius 3 is 1.86 bits per heavy atom. The van der Waals surface area contributed by atoms with E-state index in [0.29, 0.717) is 12.0 Å². The molecule has 5 aromatic rings. The number of rotatable bonds is 6. The molecule has 172 valence electrons. The minimum absolute atomic E-state index is 0.297. The minimum Gasteiger partial charge on any atom is -0.467 e. The maximum Gasteiger partial charge on any atom is 0.328 e. The molecule has 0 heterocycles. The predicted octanol–water partition coefficient (Wildman–Crippen LogP) is 6.17. The molecule has 4 heteroatoms. The summed E-state index contributed by atoms with van der Waals surface area (Å²) in [5, 5.41) is 6.59. The van der Waals surface area contributed by atoms with Crippen LogP contribution in [0.25, 0.3) is 32.7 Å².